The Kier molecular flexibility index (Phi) is 5.30. The number of aromatic nitrogens is 1. The largest absolute Gasteiger partial charge is 0.315 e. The summed E-state index contributed by atoms with van der Waals surface area (Å²) in [4.78, 5) is 28.3. The number of hydrogen-bond donors (Lipinski definition) is 1. The molecule has 1 N–H and O–H groups in total. The number of sulfone groups is 1. The minimum atomic E-state index is -3.68. The fraction of sp³-hybridized carbons (Fsp3) is 0.538. The normalized spacial score (nSPS) is 14.5. The lowest BCUT2D eigenvalue weighted by atomic mass is 10.1. The molecule has 1 rings (SSSR count). The molecule has 0 saturated carbocycles. The Labute approximate surface area is 123 Å². The Morgan fingerprint density at radius 2 is 2.10 bits per heavy atom. The van der Waals surface area contributed by atoms with Gasteiger partial charge in [-0.05, 0) is 31.9 Å². The second kappa shape index (κ2) is 6.40. The zero-order chi connectivity index (χ0) is 16.3. The van der Waals surface area contributed by atoms with Gasteiger partial charge in [-0.15, -0.1) is 0 Å². The Hall–Kier alpha value is -1.67. The first-order chi connectivity index (χ1) is 9.61. The van der Waals surface area contributed by atoms with Crippen molar-refractivity contribution in [1.29, 1.82) is 0 Å². The predicted octanol–water partition coefficient (Wildman–Crippen LogP) is 0.0277. The van der Waals surface area contributed by atoms with E-state index >= 15 is 0 Å². The van der Waals surface area contributed by atoms with Gasteiger partial charge in [-0.25, -0.2) is 13.9 Å². The van der Waals surface area contributed by atoms with Gasteiger partial charge in [-0.2, -0.15) is 0 Å². The third kappa shape index (κ3) is 3.92. The monoisotopic (exact) mass is 316 g/mol. The van der Waals surface area contributed by atoms with Crippen LogP contribution in [0.5, 0.6) is 0 Å². The van der Waals surface area contributed by atoms with E-state index in [0.29, 0.717) is 0 Å². The van der Waals surface area contributed by atoms with Crippen molar-refractivity contribution in [2.75, 3.05) is 13.4 Å². The summed E-state index contributed by atoms with van der Waals surface area (Å²) in [5.74, 6) is -0.757. The first-order valence-corrected chi connectivity index (χ1v) is 8.21. The van der Waals surface area contributed by atoms with Crippen molar-refractivity contribution >= 4 is 15.7 Å². The van der Waals surface area contributed by atoms with Gasteiger partial charge < -0.3 is 4.57 Å². The highest BCUT2D eigenvalue weighted by molar-refractivity contribution is 7.92. The summed E-state index contributed by atoms with van der Waals surface area (Å²) < 4.78 is 23.6. The van der Waals surface area contributed by atoms with Crippen LogP contribution >= 0.6 is 0 Å². The number of amides is 1. The zero-order valence-corrected chi connectivity index (χ0v) is 13.4. The van der Waals surface area contributed by atoms with Gasteiger partial charge in [0.25, 0.3) is 11.5 Å². The summed E-state index contributed by atoms with van der Waals surface area (Å²) >= 11 is 0. The number of rotatable bonds is 6. The topological polar surface area (TPSA) is 94.5 Å². The zero-order valence-electron chi connectivity index (χ0n) is 12.5. The van der Waals surface area contributed by atoms with Crippen LogP contribution in [0, 0.1) is 6.92 Å². The third-order valence-electron chi connectivity index (χ3n) is 3.47. The van der Waals surface area contributed by atoms with Crippen LogP contribution in [0.15, 0.2) is 23.1 Å². The number of hydrogen-bond acceptors (Lipinski definition) is 5. The number of nitrogens with zero attached hydrogens (tertiary/aromatic N) is 1. The molecule has 21 heavy (non-hydrogen) atoms. The Bertz CT molecular complexity index is 680. The fourth-order valence-corrected chi connectivity index (χ4v) is 2.63. The fourth-order valence-electron chi connectivity index (χ4n) is 1.79. The number of aryl methyl sites for hydroxylation is 2. The van der Waals surface area contributed by atoms with Crippen molar-refractivity contribution < 1.29 is 18.0 Å². The number of carbonyl (C=O) groups is 1. The van der Waals surface area contributed by atoms with Crippen molar-refractivity contribution in [3.63, 3.8) is 0 Å². The molecule has 1 heterocycles. The van der Waals surface area contributed by atoms with Gasteiger partial charge in [0.05, 0.1) is 7.11 Å². The van der Waals surface area contributed by atoms with Gasteiger partial charge in [0.1, 0.15) is 0 Å². The quantitative estimate of drug-likeness (QED) is 0.747. The highest BCUT2D eigenvalue weighted by atomic mass is 32.2. The molecule has 7 nitrogen and oxygen atoms in total. The molecule has 1 aromatic rings. The Morgan fingerprint density at radius 3 is 2.57 bits per heavy atom. The van der Waals surface area contributed by atoms with Crippen LogP contribution in [0.1, 0.15) is 18.9 Å². The lowest BCUT2D eigenvalue weighted by Crippen LogP contribution is -2.50. The van der Waals surface area contributed by atoms with Crippen molar-refractivity contribution in [1.82, 2.24) is 10.0 Å². The summed E-state index contributed by atoms with van der Waals surface area (Å²) in [6, 6.07) is 3.20. The molecular formula is C13H20N2O5S. The molecule has 1 atom stereocenters. The van der Waals surface area contributed by atoms with Crippen molar-refractivity contribution in [3.8, 4) is 0 Å². The lowest BCUT2D eigenvalue weighted by Gasteiger charge is -2.26. The Morgan fingerprint density at radius 1 is 1.48 bits per heavy atom. The summed E-state index contributed by atoms with van der Waals surface area (Å²) in [7, 11) is -2.46. The molecule has 1 amide bonds. The highest BCUT2D eigenvalue weighted by Gasteiger charge is 2.43. The van der Waals surface area contributed by atoms with Gasteiger partial charge >= 0.3 is 0 Å². The van der Waals surface area contributed by atoms with Crippen molar-refractivity contribution in [2.45, 2.75) is 31.6 Å². The first-order valence-electron chi connectivity index (χ1n) is 6.32. The first kappa shape index (κ1) is 17.4. The molecule has 1 aromatic heterocycles. The van der Waals surface area contributed by atoms with E-state index < -0.39 is 20.5 Å². The maximum absolute atomic E-state index is 12.0. The molecule has 0 aliphatic rings. The Balaban J connectivity index is 3.04. The van der Waals surface area contributed by atoms with Crippen molar-refractivity contribution in [3.05, 3.63) is 34.2 Å². The van der Waals surface area contributed by atoms with E-state index in [1.807, 2.05) is 5.48 Å². The predicted molar refractivity (Wildman–Crippen MR) is 78.5 cm³/mol. The molecular weight excluding hydrogens is 296 g/mol. The van der Waals surface area contributed by atoms with Crippen LogP contribution < -0.4 is 11.0 Å². The minimum Gasteiger partial charge on any atom is -0.315 e. The highest BCUT2D eigenvalue weighted by Crippen LogP contribution is 2.22. The van der Waals surface area contributed by atoms with E-state index in [2.05, 4.69) is 4.84 Å². The molecule has 0 spiro atoms. The molecule has 0 radical (unpaired) electrons. The average Bonchev–Trinajstić information content (AvgIpc) is 2.36. The van der Waals surface area contributed by atoms with E-state index in [4.69, 9.17) is 0 Å². The molecule has 0 bridgehead atoms. The average molecular weight is 316 g/mol. The minimum absolute atomic E-state index is 0.0377. The maximum atomic E-state index is 12.0. The third-order valence-corrected chi connectivity index (χ3v) is 5.50. The van der Waals surface area contributed by atoms with Crippen molar-refractivity contribution in [2.24, 2.45) is 0 Å². The van der Waals surface area contributed by atoms with Gasteiger partial charge in [-0.1, -0.05) is 0 Å². The molecule has 0 unspecified atom stereocenters. The smallest absolute Gasteiger partial charge is 0.264 e. The summed E-state index contributed by atoms with van der Waals surface area (Å²) in [5, 5.41) is 0. The second-order valence-electron chi connectivity index (χ2n) is 5.12. The molecule has 0 aliphatic heterocycles. The van der Waals surface area contributed by atoms with Crippen LogP contribution in [0.3, 0.4) is 0 Å². The van der Waals surface area contributed by atoms with Crippen LogP contribution in [0.2, 0.25) is 0 Å². The van der Waals surface area contributed by atoms with Crippen LogP contribution in [-0.4, -0.2) is 37.0 Å². The number of carbonyl (C=O) groups excluding carboxylic acids is 1. The molecule has 0 aromatic carbocycles. The van der Waals surface area contributed by atoms with Crippen LogP contribution in [-0.2, 0) is 26.0 Å². The molecule has 0 saturated heterocycles. The maximum Gasteiger partial charge on any atom is 0.264 e. The van der Waals surface area contributed by atoms with E-state index in [-0.39, 0.29) is 18.5 Å². The summed E-state index contributed by atoms with van der Waals surface area (Å²) in [6.45, 7) is 3.22. The molecule has 0 aliphatic carbocycles. The van der Waals surface area contributed by atoms with Gasteiger partial charge in [0.15, 0.2) is 14.6 Å². The summed E-state index contributed by atoms with van der Waals surface area (Å²) in [6.07, 6.45) is 2.53. The van der Waals surface area contributed by atoms with E-state index in [9.17, 15) is 18.0 Å². The standard InChI is InChI=1S/C13H20N2O5S/c1-10-5-7-15(11(16)9-10)8-6-13(2,21(4,18)19)12(17)14-20-3/h5,7,9H,6,8H2,1-4H3,(H,14,17)/t13-/m1/s1. The molecule has 118 valence electrons. The second-order valence-corrected chi connectivity index (χ2v) is 7.57. The van der Waals surface area contributed by atoms with E-state index in [1.165, 1.54) is 24.7 Å². The van der Waals surface area contributed by atoms with Gasteiger partial charge in [0, 0.05) is 25.1 Å². The van der Waals surface area contributed by atoms with E-state index in [1.54, 1.807) is 19.2 Å². The van der Waals surface area contributed by atoms with E-state index in [0.717, 1.165) is 11.8 Å². The van der Waals surface area contributed by atoms with Gasteiger partial charge in [-0.3, -0.25) is 14.4 Å². The molecule has 0 fully saturated rings. The number of hydroxylamine groups is 1. The summed E-state index contributed by atoms with van der Waals surface area (Å²) in [5.41, 5.74) is 2.63. The van der Waals surface area contributed by atoms with Crippen LogP contribution in [0.4, 0.5) is 0 Å². The molecule has 8 heteroatoms. The lowest BCUT2D eigenvalue weighted by molar-refractivity contribution is -0.133. The number of pyridine rings is 1. The van der Waals surface area contributed by atoms with Crippen LogP contribution in [0.25, 0.3) is 0 Å². The van der Waals surface area contributed by atoms with Gasteiger partial charge in [0.2, 0.25) is 0 Å². The number of nitrogens with one attached hydrogen (secondary N) is 1. The SMILES string of the molecule is CONC(=O)[C@@](C)(CCn1ccc(C)cc1=O)S(C)(=O)=O.